The van der Waals surface area contributed by atoms with Crippen LogP contribution in [0, 0.1) is 12.8 Å². The molecule has 1 unspecified atom stereocenters. The van der Waals surface area contributed by atoms with Crippen LogP contribution in [0.25, 0.3) is 17.2 Å². The molecule has 2 aliphatic heterocycles. The molecule has 0 radical (unpaired) electrons. The SMILES string of the molecule is CCCCOCCOc1ccc(-c2ccc3c(c2)C=C(C(=O)Nc2ccc([S+]([O-])Cc4c(C)ncn4CC)cc2)CCN3C[C@H]2CCOC2)cc1. The molecule has 270 valence electrons. The molecule has 0 spiro atoms. The number of carbonyl (C=O) groups is 1. The number of imidazole rings is 1. The number of fused-ring (bicyclic) bond motifs is 1. The van der Waals surface area contributed by atoms with E-state index in [9.17, 15) is 9.35 Å². The Bertz CT molecular complexity index is 1770. The van der Waals surface area contributed by atoms with E-state index >= 15 is 0 Å². The standard InChI is InChI=1S/C41H50N4O5S/c1-4-6-20-48-22-23-50-37-12-7-32(8-13-37)33-9-16-39-35(24-33)25-34(17-19-45(39)26-31-18-21-49-27-31)41(46)43-36-10-14-38(15-11-36)51(47)28-40-30(3)42-29-44(40)5-2/h7-16,24-25,29,31H,4-6,17-23,26-28H2,1-3H3,(H,43,46)/t31-,51?/m1/s1. The lowest BCUT2D eigenvalue weighted by atomic mass is 9.99. The molecule has 1 N–H and O–H groups in total. The van der Waals surface area contributed by atoms with Crippen LogP contribution in [0.1, 0.15) is 56.5 Å². The first kappa shape index (κ1) is 36.7. The van der Waals surface area contributed by atoms with Crippen molar-refractivity contribution in [2.45, 2.75) is 63.6 Å². The summed E-state index contributed by atoms with van der Waals surface area (Å²) in [6.45, 7) is 12.0. The van der Waals surface area contributed by atoms with Crippen molar-refractivity contribution >= 4 is 34.5 Å². The number of rotatable bonds is 16. The van der Waals surface area contributed by atoms with E-state index in [4.69, 9.17) is 14.2 Å². The van der Waals surface area contributed by atoms with Crippen LogP contribution >= 0.6 is 0 Å². The van der Waals surface area contributed by atoms with Crippen molar-refractivity contribution in [2.24, 2.45) is 5.92 Å². The summed E-state index contributed by atoms with van der Waals surface area (Å²) < 4.78 is 32.4. The third kappa shape index (κ3) is 9.62. The molecule has 0 aliphatic carbocycles. The molecule has 1 saturated heterocycles. The van der Waals surface area contributed by atoms with E-state index in [1.165, 1.54) is 0 Å². The minimum Gasteiger partial charge on any atom is -0.611 e. The molecular formula is C41H50N4O5S. The van der Waals surface area contributed by atoms with Crippen molar-refractivity contribution in [3.63, 3.8) is 0 Å². The molecule has 1 amide bonds. The average Bonchev–Trinajstić information content (AvgIpc) is 3.75. The van der Waals surface area contributed by atoms with Gasteiger partial charge in [-0.15, -0.1) is 0 Å². The molecule has 3 heterocycles. The number of nitrogens with one attached hydrogen (secondary N) is 1. The predicted octanol–water partition coefficient (Wildman–Crippen LogP) is 7.65. The van der Waals surface area contributed by atoms with Crippen molar-refractivity contribution in [2.75, 3.05) is 56.3 Å². The fourth-order valence-corrected chi connectivity index (χ4v) is 7.80. The van der Waals surface area contributed by atoms with Gasteiger partial charge >= 0.3 is 0 Å². The summed E-state index contributed by atoms with van der Waals surface area (Å²) in [6, 6.07) is 22.0. The van der Waals surface area contributed by atoms with Crippen molar-refractivity contribution in [3.05, 3.63) is 95.6 Å². The number of carbonyl (C=O) groups excluding carboxylic acids is 1. The van der Waals surface area contributed by atoms with Crippen LogP contribution in [0.3, 0.4) is 0 Å². The Morgan fingerprint density at radius 1 is 1.04 bits per heavy atom. The minimum atomic E-state index is -1.23. The van der Waals surface area contributed by atoms with Crippen LogP contribution in [0.4, 0.5) is 11.4 Å². The summed E-state index contributed by atoms with van der Waals surface area (Å²) in [4.78, 5) is 21.3. The lowest BCUT2D eigenvalue weighted by Crippen LogP contribution is -2.31. The van der Waals surface area contributed by atoms with Gasteiger partial charge in [0.15, 0.2) is 10.6 Å². The van der Waals surface area contributed by atoms with E-state index in [0.29, 0.717) is 41.9 Å². The summed E-state index contributed by atoms with van der Waals surface area (Å²) in [7, 11) is 0. The molecule has 2 aliphatic rings. The number of hydrogen-bond acceptors (Lipinski definition) is 7. The molecule has 3 aromatic carbocycles. The molecule has 2 atom stereocenters. The highest BCUT2D eigenvalue weighted by Crippen LogP contribution is 2.34. The largest absolute Gasteiger partial charge is 0.611 e. The van der Waals surface area contributed by atoms with Gasteiger partial charge in [0, 0.05) is 55.7 Å². The van der Waals surface area contributed by atoms with Gasteiger partial charge in [-0.05, 0) is 116 Å². The van der Waals surface area contributed by atoms with Gasteiger partial charge in [0.1, 0.15) is 12.4 Å². The number of aryl methyl sites for hydroxylation is 2. The number of ether oxygens (including phenoxy) is 3. The van der Waals surface area contributed by atoms with E-state index in [2.05, 4.69) is 59.4 Å². The van der Waals surface area contributed by atoms with Gasteiger partial charge in [-0.2, -0.15) is 0 Å². The predicted molar refractivity (Wildman–Crippen MR) is 205 cm³/mol. The monoisotopic (exact) mass is 710 g/mol. The number of anilines is 2. The number of aromatic nitrogens is 2. The zero-order valence-electron chi connectivity index (χ0n) is 30.1. The normalized spacial score (nSPS) is 16.4. The van der Waals surface area contributed by atoms with Crippen LogP contribution < -0.4 is 15.0 Å². The van der Waals surface area contributed by atoms with E-state index in [1.54, 1.807) is 6.33 Å². The molecular weight excluding hydrogens is 661 g/mol. The van der Waals surface area contributed by atoms with Gasteiger partial charge in [-0.1, -0.05) is 31.5 Å². The Morgan fingerprint density at radius 3 is 2.59 bits per heavy atom. The third-order valence-corrected chi connectivity index (χ3v) is 10.9. The lowest BCUT2D eigenvalue weighted by Gasteiger charge is -2.28. The molecule has 4 aromatic rings. The van der Waals surface area contributed by atoms with Crippen molar-refractivity contribution in [1.29, 1.82) is 0 Å². The quantitative estimate of drug-likeness (QED) is 0.0942. The van der Waals surface area contributed by atoms with Gasteiger partial charge in [0.2, 0.25) is 0 Å². The Balaban J connectivity index is 1.16. The molecule has 9 nitrogen and oxygen atoms in total. The van der Waals surface area contributed by atoms with Gasteiger partial charge in [0.25, 0.3) is 5.91 Å². The van der Waals surface area contributed by atoms with E-state index in [0.717, 1.165) is 104 Å². The zero-order chi connectivity index (χ0) is 35.6. The second-order valence-electron chi connectivity index (χ2n) is 13.2. The summed E-state index contributed by atoms with van der Waals surface area (Å²) in [6.07, 6.45) is 7.69. The minimum absolute atomic E-state index is 0.131. The molecule has 10 heteroatoms. The van der Waals surface area contributed by atoms with E-state index in [-0.39, 0.29) is 5.91 Å². The van der Waals surface area contributed by atoms with Gasteiger partial charge in [-0.3, -0.25) is 4.79 Å². The highest BCUT2D eigenvalue weighted by atomic mass is 32.2. The Morgan fingerprint density at radius 2 is 1.84 bits per heavy atom. The number of nitrogens with zero attached hydrogens (tertiary/aromatic N) is 3. The molecule has 1 aromatic heterocycles. The second-order valence-corrected chi connectivity index (χ2v) is 14.7. The van der Waals surface area contributed by atoms with E-state index < -0.39 is 11.2 Å². The highest BCUT2D eigenvalue weighted by molar-refractivity contribution is 7.90. The van der Waals surface area contributed by atoms with Gasteiger partial charge in [0.05, 0.1) is 30.9 Å². The summed E-state index contributed by atoms with van der Waals surface area (Å²) in [5.41, 5.74) is 7.58. The second kappa shape index (κ2) is 17.9. The molecule has 51 heavy (non-hydrogen) atoms. The molecule has 1 fully saturated rings. The lowest BCUT2D eigenvalue weighted by molar-refractivity contribution is -0.112. The summed E-state index contributed by atoms with van der Waals surface area (Å²) in [5.74, 6) is 1.55. The van der Waals surface area contributed by atoms with Crippen LogP contribution in [0.15, 0.2) is 83.5 Å². The first-order valence-corrected chi connectivity index (χ1v) is 19.5. The fraction of sp³-hybridized carbons (Fsp3) is 0.415. The highest BCUT2D eigenvalue weighted by Gasteiger charge is 2.25. The topological polar surface area (TPSA) is 101 Å². The number of amides is 1. The van der Waals surface area contributed by atoms with Gasteiger partial charge in [-0.25, -0.2) is 4.98 Å². The summed E-state index contributed by atoms with van der Waals surface area (Å²) >= 11 is -1.23. The maximum Gasteiger partial charge on any atom is 0.251 e. The number of unbranched alkanes of at least 4 members (excludes halogenated alkanes) is 1. The Kier molecular flexibility index (Phi) is 12.9. The summed E-state index contributed by atoms with van der Waals surface area (Å²) in [5, 5.41) is 3.10. The molecule has 0 bridgehead atoms. The average molecular weight is 711 g/mol. The fourth-order valence-electron chi connectivity index (χ4n) is 6.57. The van der Waals surface area contributed by atoms with Crippen molar-refractivity contribution in [1.82, 2.24) is 9.55 Å². The maximum atomic E-state index is 13.8. The Hall–Kier alpha value is -4.09. The van der Waals surface area contributed by atoms with Crippen LogP contribution in [0.5, 0.6) is 5.75 Å². The van der Waals surface area contributed by atoms with Crippen molar-refractivity contribution in [3.8, 4) is 16.9 Å². The van der Waals surface area contributed by atoms with Gasteiger partial charge < -0.3 is 33.5 Å². The first-order chi connectivity index (χ1) is 24.9. The molecule has 0 saturated carbocycles. The van der Waals surface area contributed by atoms with Crippen LogP contribution in [0.2, 0.25) is 0 Å². The van der Waals surface area contributed by atoms with E-state index in [1.807, 2.05) is 54.0 Å². The van der Waals surface area contributed by atoms with Crippen LogP contribution in [-0.4, -0.2) is 66.1 Å². The first-order valence-electron chi connectivity index (χ1n) is 18.2. The maximum absolute atomic E-state index is 13.8. The zero-order valence-corrected chi connectivity index (χ0v) is 30.9. The Labute approximate surface area is 305 Å². The number of hydrogen-bond donors (Lipinski definition) is 1. The molecule has 6 rings (SSSR count). The van der Waals surface area contributed by atoms with Crippen LogP contribution in [-0.2, 0) is 37.7 Å². The smallest absolute Gasteiger partial charge is 0.251 e. The third-order valence-electron chi connectivity index (χ3n) is 9.61. The van der Waals surface area contributed by atoms with Crippen molar-refractivity contribution < 1.29 is 23.6 Å². The number of benzene rings is 3.